The molecule has 104 valence electrons. The van der Waals surface area contributed by atoms with Crippen LogP contribution in [0.25, 0.3) is 0 Å². The summed E-state index contributed by atoms with van der Waals surface area (Å²) in [5.41, 5.74) is 4.42. The zero-order valence-corrected chi connectivity index (χ0v) is 12.4. The van der Waals surface area contributed by atoms with E-state index in [1.165, 1.54) is 11.1 Å². The van der Waals surface area contributed by atoms with E-state index in [-0.39, 0.29) is 5.41 Å². The Labute approximate surface area is 126 Å². The van der Waals surface area contributed by atoms with Crippen LogP contribution in [0.1, 0.15) is 36.1 Å². The Balaban J connectivity index is 2.28. The monoisotopic (exact) mass is 274 g/mol. The minimum atomic E-state index is -0.101. The van der Waals surface area contributed by atoms with Crippen LogP contribution in [0, 0.1) is 22.7 Å². The third-order valence-corrected chi connectivity index (χ3v) is 3.92. The first-order valence-electron chi connectivity index (χ1n) is 7.00. The lowest BCUT2D eigenvalue weighted by molar-refractivity contribution is 0.640. The molecule has 0 spiro atoms. The second-order valence-corrected chi connectivity index (χ2v) is 5.69. The number of hydrogen-bond donors (Lipinski definition) is 0. The predicted molar refractivity (Wildman–Crippen MR) is 83.6 cm³/mol. The topological polar surface area (TPSA) is 47.6 Å². The highest BCUT2D eigenvalue weighted by Crippen LogP contribution is 2.31. The molecule has 0 amide bonds. The summed E-state index contributed by atoms with van der Waals surface area (Å²) in [5.74, 6) is 0. The van der Waals surface area contributed by atoms with Crippen molar-refractivity contribution >= 4 is 0 Å². The molecule has 2 heteroatoms. The minimum absolute atomic E-state index is 0.101. The summed E-state index contributed by atoms with van der Waals surface area (Å²) in [4.78, 5) is 0. The quantitative estimate of drug-likeness (QED) is 0.841. The molecule has 0 atom stereocenters. The van der Waals surface area contributed by atoms with Gasteiger partial charge in [0.2, 0.25) is 0 Å². The van der Waals surface area contributed by atoms with Gasteiger partial charge >= 0.3 is 0 Å². The fourth-order valence-corrected chi connectivity index (χ4v) is 2.43. The fourth-order valence-electron chi connectivity index (χ4n) is 2.43. The van der Waals surface area contributed by atoms with E-state index in [1.807, 2.05) is 24.3 Å². The van der Waals surface area contributed by atoms with Crippen molar-refractivity contribution in [3.8, 4) is 12.1 Å². The summed E-state index contributed by atoms with van der Waals surface area (Å²) in [5, 5.41) is 17.4. The molecule has 0 aliphatic carbocycles. The molecule has 0 aromatic heterocycles. The van der Waals surface area contributed by atoms with Gasteiger partial charge in [-0.05, 0) is 22.3 Å². The maximum atomic E-state index is 8.72. The van der Waals surface area contributed by atoms with Gasteiger partial charge < -0.3 is 0 Å². The molecule has 2 aromatic rings. The second kappa shape index (κ2) is 6.25. The molecule has 21 heavy (non-hydrogen) atoms. The van der Waals surface area contributed by atoms with Gasteiger partial charge in [0.15, 0.2) is 0 Å². The minimum Gasteiger partial charge on any atom is -0.198 e. The number of nitrogens with zero attached hydrogens (tertiary/aromatic N) is 2. The molecule has 0 N–H and O–H groups in total. The smallest absolute Gasteiger partial charge is 0.0669 e. The molecule has 0 bridgehead atoms. The number of nitriles is 2. The largest absolute Gasteiger partial charge is 0.198 e. The number of benzene rings is 2. The maximum Gasteiger partial charge on any atom is 0.0669 e. The van der Waals surface area contributed by atoms with Crippen LogP contribution in [0.15, 0.2) is 48.5 Å². The van der Waals surface area contributed by atoms with E-state index in [1.54, 1.807) is 0 Å². The van der Waals surface area contributed by atoms with Crippen LogP contribution in [0.2, 0.25) is 0 Å². The van der Waals surface area contributed by atoms with E-state index < -0.39 is 0 Å². The molecule has 2 nitrogen and oxygen atoms in total. The van der Waals surface area contributed by atoms with Crippen molar-refractivity contribution in [3.05, 3.63) is 70.8 Å². The van der Waals surface area contributed by atoms with Gasteiger partial charge in [0, 0.05) is 5.41 Å². The molecule has 0 heterocycles. The Morgan fingerprint density at radius 2 is 1.05 bits per heavy atom. The van der Waals surface area contributed by atoms with Gasteiger partial charge in [0.25, 0.3) is 0 Å². The van der Waals surface area contributed by atoms with E-state index in [2.05, 4.69) is 50.3 Å². The maximum absolute atomic E-state index is 8.72. The van der Waals surface area contributed by atoms with Crippen LogP contribution < -0.4 is 0 Å². The highest BCUT2D eigenvalue weighted by Gasteiger charge is 2.22. The van der Waals surface area contributed by atoms with Gasteiger partial charge in [0.1, 0.15) is 0 Å². The molecular weight excluding hydrogens is 256 g/mol. The van der Waals surface area contributed by atoms with Crippen LogP contribution >= 0.6 is 0 Å². The summed E-state index contributed by atoms with van der Waals surface area (Å²) in [7, 11) is 0. The molecule has 2 aromatic carbocycles. The van der Waals surface area contributed by atoms with Crippen molar-refractivity contribution in [1.82, 2.24) is 0 Å². The SMILES string of the molecule is CC(C)(c1ccc(CC#N)cc1)c1ccc(CC#N)cc1. The summed E-state index contributed by atoms with van der Waals surface area (Å²) < 4.78 is 0. The predicted octanol–water partition coefficient (Wildman–Crippen LogP) is 4.14. The Bertz CT molecular complexity index is 619. The average Bonchev–Trinajstić information content (AvgIpc) is 2.49. The third-order valence-electron chi connectivity index (χ3n) is 3.92. The molecule has 0 aliphatic heterocycles. The number of rotatable bonds is 4. The van der Waals surface area contributed by atoms with E-state index >= 15 is 0 Å². The van der Waals surface area contributed by atoms with Gasteiger partial charge in [-0.1, -0.05) is 62.4 Å². The van der Waals surface area contributed by atoms with Gasteiger partial charge in [-0.2, -0.15) is 10.5 Å². The fraction of sp³-hybridized carbons (Fsp3) is 0.263. The number of hydrogen-bond acceptors (Lipinski definition) is 2. The average molecular weight is 274 g/mol. The molecule has 2 rings (SSSR count). The standard InChI is InChI=1S/C19H18N2/c1-19(2,17-7-3-15(4-8-17)11-13-20)18-9-5-16(6-10-18)12-14-21/h3-10H,11-12H2,1-2H3. The van der Waals surface area contributed by atoms with E-state index in [9.17, 15) is 0 Å². The molecule has 0 radical (unpaired) electrons. The first-order valence-corrected chi connectivity index (χ1v) is 7.00. The van der Waals surface area contributed by atoms with Crippen LogP contribution in [0.5, 0.6) is 0 Å². The van der Waals surface area contributed by atoms with Crippen molar-refractivity contribution < 1.29 is 0 Å². The zero-order chi connectivity index (χ0) is 15.3. The third kappa shape index (κ3) is 3.30. The van der Waals surface area contributed by atoms with Crippen LogP contribution in [0.4, 0.5) is 0 Å². The van der Waals surface area contributed by atoms with Gasteiger partial charge in [-0.15, -0.1) is 0 Å². The lowest BCUT2D eigenvalue weighted by Crippen LogP contribution is -2.18. The van der Waals surface area contributed by atoms with E-state index in [4.69, 9.17) is 10.5 Å². The van der Waals surface area contributed by atoms with Crippen molar-refractivity contribution in [2.24, 2.45) is 0 Å². The Hall–Kier alpha value is -2.58. The Morgan fingerprint density at radius 1 is 0.714 bits per heavy atom. The lowest BCUT2D eigenvalue weighted by Gasteiger charge is -2.26. The highest BCUT2D eigenvalue weighted by atomic mass is 14.3. The molecule has 0 saturated heterocycles. The van der Waals surface area contributed by atoms with Crippen molar-refractivity contribution in [3.63, 3.8) is 0 Å². The lowest BCUT2D eigenvalue weighted by atomic mass is 9.77. The van der Waals surface area contributed by atoms with E-state index in [0.29, 0.717) is 12.8 Å². The summed E-state index contributed by atoms with van der Waals surface area (Å²) >= 11 is 0. The summed E-state index contributed by atoms with van der Waals surface area (Å²) in [6, 6.07) is 20.8. The molecule has 0 unspecified atom stereocenters. The van der Waals surface area contributed by atoms with Crippen LogP contribution in [-0.2, 0) is 18.3 Å². The van der Waals surface area contributed by atoms with Crippen LogP contribution in [0.3, 0.4) is 0 Å². The van der Waals surface area contributed by atoms with Gasteiger partial charge in [-0.3, -0.25) is 0 Å². The Morgan fingerprint density at radius 3 is 1.33 bits per heavy atom. The van der Waals surface area contributed by atoms with Crippen molar-refractivity contribution in [2.45, 2.75) is 32.1 Å². The van der Waals surface area contributed by atoms with Gasteiger partial charge in [-0.25, -0.2) is 0 Å². The summed E-state index contributed by atoms with van der Waals surface area (Å²) in [6.07, 6.45) is 0.896. The molecule has 0 saturated carbocycles. The highest BCUT2D eigenvalue weighted by molar-refractivity contribution is 5.40. The first-order chi connectivity index (χ1) is 10.1. The molecule has 0 aliphatic rings. The molecular formula is C19H18N2. The van der Waals surface area contributed by atoms with Crippen molar-refractivity contribution in [1.29, 1.82) is 10.5 Å². The summed E-state index contributed by atoms with van der Waals surface area (Å²) in [6.45, 7) is 4.37. The first kappa shape index (κ1) is 14.8. The zero-order valence-electron chi connectivity index (χ0n) is 12.4. The van der Waals surface area contributed by atoms with E-state index in [0.717, 1.165) is 11.1 Å². The van der Waals surface area contributed by atoms with Crippen molar-refractivity contribution in [2.75, 3.05) is 0 Å². The van der Waals surface area contributed by atoms with Gasteiger partial charge in [0.05, 0.1) is 25.0 Å². The Kier molecular flexibility index (Phi) is 4.41. The molecule has 0 fully saturated rings. The second-order valence-electron chi connectivity index (χ2n) is 5.69. The van der Waals surface area contributed by atoms with Crippen LogP contribution in [-0.4, -0.2) is 0 Å². The normalized spacial score (nSPS) is 10.7.